The van der Waals surface area contributed by atoms with Gasteiger partial charge in [-0.25, -0.2) is 4.57 Å². The molecule has 0 aromatic carbocycles. The van der Waals surface area contributed by atoms with Crippen molar-refractivity contribution >= 4 is 7.82 Å². The van der Waals surface area contributed by atoms with Gasteiger partial charge in [-0.1, -0.05) is 0 Å². The van der Waals surface area contributed by atoms with E-state index in [1.807, 2.05) is 0 Å². The zero-order valence-electron chi connectivity index (χ0n) is 3.20. The summed E-state index contributed by atoms with van der Waals surface area (Å²) in [5.74, 6) is 0. The molecule has 44 valence electrons. The van der Waals surface area contributed by atoms with Crippen LogP contribution in [0.4, 0.5) is 0 Å². The van der Waals surface area contributed by atoms with Crippen LogP contribution in [0.25, 0.3) is 0 Å². The van der Waals surface area contributed by atoms with Crippen molar-refractivity contribution in [2.45, 2.75) is 0 Å². The largest absolute Gasteiger partial charge is 0.466 e. The van der Waals surface area contributed by atoms with E-state index in [1.54, 1.807) is 0 Å². The smallest absolute Gasteiger partial charge is 0.412 e. The molecule has 7 heteroatoms. The van der Waals surface area contributed by atoms with Crippen LogP contribution in [0, 0.1) is 39.9 Å². The third-order valence-electron chi connectivity index (χ3n) is 0. The molecular formula is H5O5PTh. The van der Waals surface area contributed by atoms with Gasteiger partial charge in [-0.15, -0.1) is 0 Å². The van der Waals surface area contributed by atoms with E-state index in [0.29, 0.717) is 0 Å². The van der Waals surface area contributed by atoms with Gasteiger partial charge in [0.2, 0.25) is 0 Å². The molecule has 0 radical (unpaired) electrons. The molecule has 0 aromatic heterocycles. The Morgan fingerprint density at radius 2 is 1.14 bits per heavy atom. The second kappa shape index (κ2) is 5.53. The van der Waals surface area contributed by atoms with E-state index in [1.165, 1.54) is 0 Å². The fourth-order valence-corrected chi connectivity index (χ4v) is 0. The minimum Gasteiger partial charge on any atom is -0.412 e. The molecule has 0 aliphatic heterocycles. The van der Waals surface area contributed by atoms with E-state index in [0.717, 1.165) is 0 Å². The van der Waals surface area contributed by atoms with Crippen molar-refractivity contribution < 1.29 is 64.7 Å². The molecule has 0 aliphatic rings. The maximum Gasteiger partial charge on any atom is 0.466 e. The fourth-order valence-electron chi connectivity index (χ4n) is 0. The summed E-state index contributed by atoms with van der Waals surface area (Å²) in [6, 6.07) is 0. The monoisotopic (exact) mass is 348 g/mol. The molecule has 7 heavy (non-hydrogen) atoms. The molecule has 0 aromatic rings. The van der Waals surface area contributed by atoms with Crippen molar-refractivity contribution in [1.82, 2.24) is 0 Å². The number of hydrogen-bond donors (Lipinski definition) is 3. The van der Waals surface area contributed by atoms with Gasteiger partial charge in [0.15, 0.2) is 0 Å². The fraction of sp³-hybridized carbons (Fsp3) is 0. The third-order valence-corrected chi connectivity index (χ3v) is 0. The second-order valence-corrected chi connectivity index (χ2v) is 1.54. The predicted molar refractivity (Wildman–Crippen MR) is 17.9 cm³/mol. The van der Waals surface area contributed by atoms with Gasteiger partial charge >= 0.3 is 7.82 Å². The molecule has 0 amide bonds. The third kappa shape index (κ3) is 111. The molecule has 0 heterocycles. The zero-order chi connectivity index (χ0) is 4.50. The van der Waals surface area contributed by atoms with Crippen LogP contribution in [0.3, 0.4) is 0 Å². The van der Waals surface area contributed by atoms with Crippen LogP contribution in [0.15, 0.2) is 0 Å². The van der Waals surface area contributed by atoms with E-state index in [4.69, 9.17) is 19.2 Å². The van der Waals surface area contributed by atoms with E-state index in [2.05, 4.69) is 0 Å². The van der Waals surface area contributed by atoms with E-state index < -0.39 is 7.82 Å². The first-order valence-electron chi connectivity index (χ1n) is 0.783. The van der Waals surface area contributed by atoms with Gasteiger partial charge in [-0.05, 0) is 0 Å². The average Bonchev–Trinajstić information content (AvgIpc) is 0.722. The molecule has 5 nitrogen and oxygen atoms in total. The Morgan fingerprint density at radius 3 is 1.14 bits per heavy atom. The summed E-state index contributed by atoms with van der Waals surface area (Å²) in [5.41, 5.74) is 0. The summed E-state index contributed by atoms with van der Waals surface area (Å²) in [6.07, 6.45) is 0. The molecule has 0 unspecified atom stereocenters. The first-order chi connectivity index (χ1) is 2.00. The standard InChI is InChI=1S/H3O4P.H2O.Th/c1-5(2,3)4;;/h(H3,1,2,3,4);1H2;. The summed E-state index contributed by atoms with van der Waals surface area (Å²) in [4.78, 5) is 21.6. The van der Waals surface area contributed by atoms with E-state index in [-0.39, 0.29) is 45.4 Å². The molecule has 5 N–H and O–H groups in total. The van der Waals surface area contributed by atoms with Crippen LogP contribution < -0.4 is 0 Å². The molecule has 0 saturated heterocycles. The van der Waals surface area contributed by atoms with Crippen molar-refractivity contribution in [2.24, 2.45) is 0 Å². The van der Waals surface area contributed by atoms with Crippen LogP contribution in [0.1, 0.15) is 0 Å². The number of rotatable bonds is 0. The van der Waals surface area contributed by atoms with Crippen molar-refractivity contribution in [1.29, 1.82) is 0 Å². The molecule has 0 fully saturated rings. The predicted octanol–water partition coefficient (Wildman–Crippen LogP) is -1.75. The Balaban J connectivity index is -0.0000000800. The van der Waals surface area contributed by atoms with E-state index in [9.17, 15) is 0 Å². The Kier molecular flexibility index (Phi) is 12.5. The summed E-state index contributed by atoms with van der Waals surface area (Å²) >= 11 is 0. The zero-order valence-corrected chi connectivity index (χ0v) is 8.20. The number of phosphoric acid groups is 1. The van der Waals surface area contributed by atoms with Crippen LogP contribution in [0.5, 0.6) is 0 Å². The summed E-state index contributed by atoms with van der Waals surface area (Å²) in [5, 5.41) is 0. The Bertz CT molecular complexity index is 54.2. The van der Waals surface area contributed by atoms with Gasteiger partial charge in [0, 0.05) is 39.9 Å². The van der Waals surface area contributed by atoms with Crippen molar-refractivity contribution in [3.05, 3.63) is 0 Å². The SMILES string of the molecule is O.O=P(O)(O)O.[Th]. The molecule has 0 rings (SSSR count). The van der Waals surface area contributed by atoms with Gasteiger partial charge in [0.05, 0.1) is 0 Å². The molecule has 0 saturated carbocycles. The van der Waals surface area contributed by atoms with Crippen molar-refractivity contribution in [3.63, 3.8) is 0 Å². The van der Waals surface area contributed by atoms with Gasteiger partial charge < -0.3 is 20.2 Å². The van der Waals surface area contributed by atoms with Gasteiger partial charge in [0.25, 0.3) is 0 Å². The van der Waals surface area contributed by atoms with Crippen LogP contribution >= 0.6 is 7.82 Å². The molecular weight excluding hydrogens is 343 g/mol. The Morgan fingerprint density at radius 1 is 1.14 bits per heavy atom. The average molecular weight is 348 g/mol. The molecule has 0 atom stereocenters. The molecule has 0 bridgehead atoms. The van der Waals surface area contributed by atoms with Gasteiger partial charge in [-0.2, -0.15) is 0 Å². The normalized spacial score (nSPS) is 8.43. The summed E-state index contributed by atoms with van der Waals surface area (Å²) in [6.45, 7) is 0. The molecule has 0 spiro atoms. The Hall–Kier alpha value is 1.39. The van der Waals surface area contributed by atoms with Crippen molar-refractivity contribution in [3.8, 4) is 0 Å². The first-order valence-corrected chi connectivity index (χ1v) is 2.35. The molecule has 0 aliphatic carbocycles. The van der Waals surface area contributed by atoms with Gasteiger partial charge in [0.1, 0.15) is 0 Å². The van der Waals surface area contributed by atoms with E-state index >= 15 is 0 Å². The quantitative estimate of drug-likeness (QED) is 0.451. The minimum atomic E-state index is -4.64. The maximum atomic E-state index is 8.88. The van der Waals surface area contributed by atoms with Crippen LogP contribution in [-0.4, -0.2) is 20.2 Å². The maximum absolute atomic E-state index is 8.88. The van der Waals surface area contributed by atoms with Gasteiger partial charge in [-0.3, -0.25) is 0 Å². The Labute approximate surface area is 72.0 Å². The minimum absolute atomic E-state index is 0. The topological polar surface area (TPSA) is 109 Å². The summed E-state index contributed by atoms with van der Waals surface area (Å²) in [7, 11) is -4.64. The van der Waals surface area contributed by atoms with Crippen molar-refractivity contribution in [2.75, 3.05) is 0 Å². The van der Waals surface area contributed by atoms with Crippen LogP contribution in [0.2, 0.25) is 0 Å². The summed E-state index contributed by atoms with van der Waals surface area (Å²) < 4.78 is 8.88. The number of hydrogen-bond acceptors (Lipinski definition) is 1. The first kappa shape index (κ1) is 15.8. The second-order valence-electron chi connectivity index (χ2n) is 0.513. The van der Waals surface area contributed by atoms with Crippen LogP contribution in [-0.2, 0) is 4.57 Å².